The molecule has 0 saturated heterocycles. The van der Waals surface area contributed by atoms with Crippen LogP contribution >= 0.6 is 0 Å². The molecule has 0 aromatic carbocycles. The maximum absolute atomic E-state index is 12.1. The number of unbranched alkanes of at least 4 members (excludes halogenated alkanes) is 2. The molecule has 0 N–H and O–H groups in total. The van der Waals surface area contributed by atoms with E-state index >= 15 is 0 Å². The third-order valence-electron chi connectivity index (χ3n) is 6.74. The first kappa shape index (κ1) is 20.0. The van der Waals surface area contributed by atoms with Crippen LogP contribution in [-0.2, 0) is 0 Å². The Morgan fingerprint density at radius 3 is 1.83 bits per heavy atom. The van der Waals surface area contributed by atoms with Gasteiger partial charge in [-0.25, -0.2) is 0 Å². The number of allylic oxidation sites excluding steroid dienone is 2. The highest BCUT2D eigenvalue weighted by Gasteiger charge is 2.23. The van der Waals surface area contributed by atoms with Gasteiger partial charge in [-0.2, -0.15) is 0 Å². The summed E-state index contributed by atoms with van der Waals surface area (Å²) in [5, 5.41) is 0. The van der Waals surface area contributed by atoms with Crippen LogP contribution < -0.4 is 0 Å². The molecule has 0 bridgehead atoms. The molecule has 0 aromatic heterocycles. The Kier molecular flexibility index (Phi) is 10.1. The smallest absolute Gasteiger partial charge is 0.0928 e. The molecule has 2 fully saturated rings. The van der Waals surface area contributed by atoms with Gasteiger partial charge in [-0.3, -0.25) is 4.39 Å². The lowest BCUT2D eigenvalue weighted by Gasteiger charge is -2.31. The van der Waals surface area contributed by atoms with Crippen molar-refractivity contribution in [3.63, 3.8) is 0 Å². The zero-order valence-electron chi connectivity index (χ0n) is 16.2. The van der Waals surface area contributed by atoms with Crippen LogP contribution in [0.25, 0.3) is 0 Å². The van der Waals surface area contributed by atoms with E-state index in [1.165, 1.54) is 89.9 Å². The van der Waals surface area contributed by atoms with Crippen LogP contribution in [0.1, 0.15) is 103 Å². The molecule has 0 heterocycles. The summed E-state index contributed by atoms with van der Waals surface area (Å²) in [6.45, 7) is 2.11. The average Bonchev–Trinajstić information content (AvgIpc) is 2.63. The second-order valence-electron chi connectivity index (χ2n) is 8.65. The van der Waals surface area contributed by atoms with Gasteiger partial charge in [0.05, 0.1) is 6.67 Å². The molecule has 0 spiro atoms. The second-order valence-corrected chi connectivity index (χ2v) is 8.65. The molecule has 2 rings (SSSR count). The average molecular weight is 337 g/mol. The van der Waals surface area contributed by atoms with Gasteiger partial charge in [0.1, 0.15) is 0 Å². The summed E-state index contributed by atoms with van der Waals surface area (Å²) in [4.78, 5) is 0. The van der Waals surface area contributed by atoms with Crippen LogP contribution in [0.5, 0.6) is 0 Å². The van der Waals surface area contributed by atoms with Gasteiger partial charge in [0, 0.05) is 0 Å². The molecule has 0 amide bonds. The van der Waals surface area contributed by atoms with E-state index in [9.17, 15) is 4.39 Å². The van der Waals surface area contributed by atoms with Crippen molar-refractivity contribution in [3.05, 3.63) is 12.2 Å². The van der Waals surface area contributed by atoms with Crippen LogP contribution in [0.15, 0.2) is 12.2 Å². The zero-order chi connectivity index (χ0) is 17.0. The zero-order valence-corrected chi connectivity index (χ0v) is 16.2. The normalized spacial score (nSPS) is 31.6. The fourth-order valence-electron chi connectivity index (χ4n) is 4.98. The molecule has 0 nitrogen and oxygen atoms in total. The third kappa shape index (κ3) is 7.70. The topological polar surface area (TPSA) is 0 Å². The molecule has 0 unspecified atom stereocenters. The first-order valence-corrected chi connectivity index (χ1v) is 11.0. The summed E-state index contributed by atoms with van der Waals surface area (Å²) in [5.41, 5.74) is 0. The maximum Gasteiger partial charge on any atom is 0.0928 e. The Balaban J connectivity index is 1.52. The molecule has 0 atom stereocenters. The third-order valence-corrected chi connectivity index (χ3v) is 6.74. The minimum Gasteiger partial charge on any atom is -0.251 e. The van der Waals surface area contributed by atoms with E-state index in [-0.39, 0.29) is 6.67 Å². The fraction of sp³-hybridized carbons (Fsp3) is 0.913. The van der Waals surface area contributed by atoms with Gasteiger partial charge < -0.3 is 0 Å². The van der Waals surface area contributed by atoms with E-state index in [4.69, 9.17) is 0 Å². The quantitative estimate of drug-likeness (QED) is 0.281. The maximum atomic E-state index is 12.1. The van der Waals surface area contributed by atoms with E-state index in [1.54, 1.807) is 0 Å². The van der Waals surface area contributed by atoms with Gasteiger partial charge in [0.25, 0.3) is 0 Å². The molecule has 0 aliphatic heterocycles. The van der Waals surface area contributed by atoms with Crippen molar-refractivity contribution in [2.24, 2.45) is 23.7 Å². The molecule has 2 saturated carbocycles. The van der Waals surface area contributed by atoms with Crippen molar-refractivity contribution < 1.29 is 4.39 Å². The lowest BCUT2D eigenvalue weighted by Crippen LogP contribution is -2.17. The summed E-state index contributed by atoms with van der Waals surface area (Å²) in [7, 11) is 0. The van der Waals surface area contributed by atoms with Crippen molar-refractivity contribution in [2.75, 3.05) is 6.67 Å². The van der Waals surface area contributed by atoms with Gasteiger partial charge in [-0.05, 0) is 55.8 Å². The van der Waals surface area contributed by atoms with Gasteiger partial charge in [0.15, 0.2) is 0 Å². The molecule has 140 valence electrons. The van der Waals surface area contributed by atoms with Crippen molar-refractivity contribution in [3.8, 4) is 0 Å². The standard InChI is InChI=1S/C23H41F/c1-2-3-4-7-20-9-13-22(14-10-20)17-18-23-15-11-21(12-16-23)8-5-6-19-24/h5,8,20-23H,2-4,6-7,9-19H2,1H3/b8-5+. The molecule has 24 heavy (non-hydrogen) atoms. The summed E-state index contributed by atoms with van der Waals surface area (Å²) < 4.78 is 12.1. The lowest BCUT2D eigenvalue weighted by atomic mass is 9.75. The van der Waals surface area contributed by atoms with Crippen LogP contribution in [0.4, 0.5) is 4.39 Å². The Labute approximate surface area is 150 Å². The van der Waals surface area contributed by atoms with Crippen molar-refractivity contribution in [1.82, 2.24) is 0 Å². The van der Waals surface area contributed by atoms with Gasteiger partial charge in [-0.1, -0.05) is 83.3 Å². The monoisotopic (exact) mass is 336 g/mol. The first-order chi connectivity index (χ1) is 11.8. The Hall–Kier alpha value is -0.330. The highest BCUT2D eigenvalue weighted by molar-refractivity contribution is 4.91. The summed E-state index contributed by atoms with van der Waals surface area (Å²) in [6, 6.07) is 0. The predicted molar refractivity (Wildman–Crippen MR) is 104 cm³/mol. The Morgan fingerprint density at radius 1 is 0.750 bits per heavy atom. The molecule has 0 radical (unpaired) electrons. The van der Waals surface area contributed by atoms with E-state index in [1.807, 2.05) is 0 Å². The molecule has 0 aromatic rings. The van der Waals surface area contributed by atoms with Crippen molar-refractivity contribution in [1.29, 1.82) is 0 Å². The molecular weight excluding hydrogens is 295 g/mol. The molecule has 2 aliphatic rings. The molecule has 2 aliphatic carbocycles. The van der Waals surface area contributed by atoms with E-state index in [2.05, 4.69) is 19.1 Å². The number of alkyl halides is 1. The SMILES string of the molecule is CCCCCC1CCC(CCC2CCC(/C=C/CCF)CC2)CC1. The minimum absolute atomic E-state index is 0.202. The van der Waals surface area contributed by atoms with Crippen LogP contribution in [0.3, 0.4) is 0 Å². The largest absolute Gasteiger partial charge is 0.251 e. The Bertz CT molecular complexity index is 319. The summed E-state index contributed by atoms with van der Waals surface area (Å²) in [6.07, 6.45) is 25.3. The van der Waals surface area contributed by atoms with E-state index in [0.717, 1.165) is 23.7 Å². The lowest BCUT2D eigenvalue weighted by molar-refractivity contribution is 0.219. The van der Waals surface area contributed by atoms with Gasteiger partial charge >= 0.3 is 0 Å². The van der Waals surface area contributed by atoms with E-state index in [0.29, 0.717) is 6.42 Å². The highest BCUT2D eigenvalue weighted by Crippen LogP contribution is 2.38. The highest BCUT2D eigenvalue weighted by atomic mass is 19.1. The summed E-state index contributed by atoms with van der Waals surface area (Å²) >= 11 is 0. The van der Waals surface area contributed by atoms with E-state index < -0.39 is 0 Å². The van der Waals surface area contributed by atoms with Crippen LogP contribution in [-0.4, -0.2) is 6.67 Å². The number of hydrogen-bond donors (Lipinski definition) is 0. The summed E-state index contributed by atoms with van der Waals surface area (Å²) in [5.74, 6) is 3.82. The number of hydrogen-bond acceptors (Lipinski definition) is 0. The minimum atomic E-state index is -0.202. The van der Waals surface area contributed by atoms with Gasteiger partial charge in [0.2, 0.25) is 0 Å². The fourth-order valence-corrected chi connectivity index (χ4v) is 4.98. The van der Waals surface area contributed by atoms with Crippen LogP contribution in [0.2, 0.25) is 0 Å². The second kappa shape index (κ2) is 12.1. The van der Waals surface area contributed by atoms with Crippen LogP contribution in [0, 0.1) is 23.7 Å². The molecular formula is C23H41F. The van der Waals surface area contributed by atoms with Gasteiger partial charge in [-0.15, -0.1) is 0 Å². The first-order valence-electron chi connectivity index (χ1n) is 11.0. The van der Waals surface area contributed by atoms with Crippen molar-refractivity contribution >= 4 is 0 Å². The van der Waals surface area contributed by atoms with Crippen molar-refractivity contribution in [2.45, 2.75) is 103 Å². The number of rotatable bonds is 10. The predicted octanol–water partition coefficient (Wildman–Crippen LogP) is 7.88. The number of halogens is 1. The Morgan fingerprint density at radius 2 is 1.29 bits per heavy atom. The molecule has 1 heteroatoms.